The van der Waals surface area contributed by atoms with Gasteiger partial charge in [0.05, 0.1) is 11.4 Å². The van der Waals surface area contributed by atoms with E-state index in [4.69, 9.17) is 5.73 Å². The molecule has 9 heteroatoms. The van der Waals surface area contributed by atoms with E-state index in [-0.39, 0.29) is 11.9 Å². The van der Waals surface area contributed by atoms with Gasteiger partial charge in [0, 0.05) is 31.8 Å². The van der Waals surface area contributed by atoms with Gasteiger partial charge in [-0.1, -0.05) is 12.5 Å². The third kappa shape index (κ3) is 3.66. The van der Waals surface area contributed by atoms with Gasteiger partial charge in [-0.2, -0.15) is 5.10 Å². The molecule has 2 aromatic rings. The summed E-state index contributed by atoms with van der Waals surface area (Å²) >= 11 is 2.16. The smallest absolute Gasteiger partial charge is 0.246 e. The van der Waals surface area contributed by atoms with Crippen LogP contribution >= 0.6 is 22.6 Å². The minimum atomic E-state index is 0.0693. The highest BCUT2D eigenvalue weighted by Gasteiger charge is 2.29. The maximum atomic E-state index is 12.5. The molecule has 1 atom stereocenters. The molecule has 0 spiro atoms. The van der Waals surface area contributed by atoms with E-state index >= 15 is 0 Å². The first-order valence-electron chi connectivity index (χ1n) is 9.34. The Hall–Kier alpha value is -1.75. The Balaban J connectivity index is 1.40. The van der Waals surface area contributed by atoms with Gasteiger partial charge in [0.1, 0.15) is 15.8 Å². The molecule has 1 amide bonds. The Morgan fingerprint density at radius 1 is 1.41 bits per heavy atom. The lowest BCUT2D eigenvalue weighted by atomic mass is 9.92. The van der Waals surface area contributed by atoms with Crippen molar-refractivity contribution in [1.29, 1.82) is 0 Å². The van der Waals surface area contributed by atoms with Crippen LogP contribution in [0, 0.1) is 3.70 Å². The molecule has 0 bridgehead atoms. The maximum absolute atomic E-state index is 12.5. The Labute approximate surface area is 171 Å². The summed E-state index contributed by atoms with van der Waals surface area (Å²) in [5.41, 5.74) is 6.71. The fourth-order valence-electron chi connectivity index (χ4n) is 3.75. The topological polar surface area (TPSA) is 93.2 Å². The average molecular weight is 481 g/mol. The molecule has 4 rings (SSSR count). The summed E-state index contributed by atoms with van der Waals surface area (Å²) in [6, 6.07) is 0.797. The van der Waals surface area contributed by atoms with E-state index in [1.165, 1.54) is 25.6 Å². The zero-order chi connectivity index (χ0) is 19.0. The van der Waals surface area contributed by atoms with Crippen molar-refractivity contribution in [3.8, 4) is 0 Å². The van der Waals surface area contributed by atoms with Crippen LogP contribution in [-0.2, 0) is 4.79 Å². The fraction of sp³-hybridized carbons (Fsp3) is 0.556. The Morgan fingerprint density at radius 3 is 2.96 bits per heavy atom. The first-order chi connectivity index (χ1) is 13.0. The summed E-state index contributed by atoms with van der Waals surface area (Å²) in [6.45, 7) is 2.19. The van der Waals surface area contributed by atoms with Gasteiger partial charge < -0.3 is 10.6 Å². The molecule has 2 N–H and O–H groups in total. The van der Waals surface area contributed by atoms with Gasteiger partial charge in [-0.05, 0) is 48.9 Å². The lowest BCUT2D eigenvalue weighted by Crippen LogP contribution is -2.37. The van der Waals surface area contributed by atoms with Gasteiger partial charge in [-0.3, -0.25) is 9.69 Å². The van der Waals surface area contributed by atoms with Crippen LogP contribution in [0.3, 0.4) is 0 Å². The van der Waals surface area contributed by atoms with Crippen molar-refractivity contribution < 1.29 is 4.79 Å². The second-order valence-corrected chi connectivity index (χ2v) is 8.37. The van der Waals surface area contributed by atoms with Crippen LogP contribution in [0.5, 0.6) is 0 Å². The number of rotatable bonds is 5. The number of likely N-dealkylation sites (N-methyl/N-ethyl adjacent to an activating group) is 1. The molecule has 2 aromatic heterocycles. The number of nitrogen functional groups attached to an aromatic ring is 1. The number of anilines is 1. The number of likely N-dealkylation sites (tertiary alicyclic amines) is 1. The molecule has 8 nitrogen and oxygen atoms in total. The van der Waals surface area contributed by atoms with E-state index in [0.29, 0.717) is 18.4 Å². The number of nitrogens with zero attached hydrogens (tertiary/aromatic N) is 6. The number of carbonyl (C=O) groups excluding carboxylic acids is 1. The molecular formula is C18H24IN7O. The summed E-state index contributed by atoms with van der Waals surface area (Å²) in [5, 5.41) is 5.40. The van der Waals surface area contributed by atoms with Gasteiger partial charge in [-0.15, -0.1) is 0 Å². The van der Waals surface area contributed by atoms with Crippen molar-refractivity contribution in [2.24, 2.45) is 0 Å². The molecule has 1 aliphatic heterocycles. The van der Waals surface area contributed by atoms with Crippen molar-refractivity contribution in [2.45, 2.75) is 37.8 Å². The van der Waals surface area contributed by atoms with Crippen LogP contribution in [0.25, 0.3) is 11.0 Å². The van der Waals surface area contributed by atoms with E-state index in [1.807, 2.05) is 15.7 Å². The number of hydrogen-bond donors (Lipinski definition) is 1. The summed E-state index contributed by atoms with van der Waals surface area (Å²) < 4.78 is 2.70. The molecule has 2 fully saturated rings. The van der Waals surface area contributed by atoms with E-state index < -0.39 is 0 Å². The average Bonchev–Trinajstić information content (AvgIpc) is 3.19. The monoisotopic (exact) mass is 481 g/mol. The van der Waals surface area contributed by atoms with Crippen molar-refractivity contribution in [3.05, 3.63) is 22.2 Å². The minimum absolute atomic E-state index is 0.0693. The van der Waals surface area contributed by atoms with Crippen LogP contribution in [0.2, 0.25) is 0 Å². The zero-order valence-corrected chi connectivity index (χ0v) is 17.5. The number of aromatic nitrogens is 4. The molecule has 1 saturated heterocycles. The van der Waals surface area contributed by atoms with Crippen molar-refractivity contribution in [3.63, 3.8) is 0 Å². The van der Waals surface area contributed by atoms with Gasteiger partial charge in [-0.25, -0.2) is 14.6 Å². The normalized spacial score (nSPS) is 20.9. The van der Waals surface area contributed by atoms with Crippen LogP contribution in [0.15, 0.2) is 18.5 Å². The second-order valence-electron chi connectivity index (χ2n) is 7.35. The summed E-state index contributed by atoms with van der Waals surface area (Å²) in [7, 11) is 2.13. The van der Waals surface area contributed by atoms with E-state index in [2.05, 4.69) is 49.6 Å². The largest absolute Gasteiger partial charge is 0.383 e. The van der Waals surface area contributed by atoms with Crippen molar-refractivity contribution in [2.75, 3.05) is 32.4 Å². The molecule has 2 aliphatic rings. The molecule has 0 aromatic carbocycles. The van der Waals surface area contributed by atoms with E-state index in [9.17, 15) is 4.79 Å². The minimum Gasteiger partial charge on any atom is -0.383 e. The molecule has 1 aliphatic carbocycles. The second kappa shape index (κ2) is 7.70. The lowest BCUT2D eigenvalue weighted by Gasteiger charge is -2.33. The first-order valence-corrected chi connectivity index (χ1v) is 10.4. The number of carbonyl (C=O) groups is 1. The highest BCUT2D eigenvalue weighted by Crippen LogP contribution is 2.29. The molecule has 1 unspecified atom stereocenters. The number of hydrogen-bond acceptors (Lipinski definition) is 6. The Morgan fingerprint density at radius 2 is 2.22 bits per heavy atom. The highest BCUT2D eigenvalue weighted by molar-refractivity contribution is 14.1. The summed E-state index contributed by atoms with van der Waals surface area (Å²) in [5.74, 6) is 0.514. The molecule has 3 heterocycles. The summed E-state index contributed by atoms with van der Waals surface area (Å²) in [4.78, 5) is 25.1. The molecule has 0 radical (unpaired) electrons. The van der Waals surface area contributed by atoms with E-state index in [1.54, 1.807) is 6.08 Å². The molecule has 1 saturated carbocycles. The van der Waals surface area contributed by atoms with Crippen LogP contribution < -0.4 is 5.73 Å². The predicted molar refractivity (Wildman–Crippen MR) is 112 cm³/mol. The van der Waals surface area contributed by atoms with Crippen molar-refractivity contribution >= 4 is 45.3 Å². The SMILES string of the molecule is CN(CC=CC(=O)N1CCC(n2nc(I)c3c(N)ncnc32)C1)C1CCC1. The van der Waals surface area contributed by atoms with Gasteiger partial charge in [0.2, 0.25) is 5.91 Å². The predicted octanol–water partition coefficient (Wildman–Crippen LogP) is 1.83. The quantitative estimate of drug-likeness (QED) is 0.518. The molecular weight excluding hydrogens is 457 g/mol. The van der Waals surface area contributed by atoms with Gasteiger partial charge >= 0.3 is 0 Å². The third-order valence-electron chi connectivity index (χ3n) is 5.65. The van der Waals surface area contributed by atoms with Gasteiger partial charge in [0.15, 0.2) is 5.65 Å². The van der Waals surface area contributed by atoms with Crippen LogP contribution in [0.4, 0.5) is 5.82 Å². The third-order valence-corrected chi connectivity index (χ3v) is 6.40. The molecule has 144 valence electrons. The van der Waals surface area contributed by atoms with Crippen LogP contribution in [0.1, 0.15) is 31.7 Å². The van der Waals surface area contributed by atoms with Crippen molar-refractivity contribution in [1.82, 2.24) is 29.5 Å². The number of fused-ring (bicyclic) bond motifs is 1. The molecule has 27 heavy (non-hydrogen) atoms. The first kappa shape index (κ1) is 18.6. The standard InChI is InChI=1S/C18H24IN7O/c1-24(12-4-2-5-12)8-3-6-14(27)25-9-7-13(10-25)26-18-15(16(19)23-26)17(20)21-11-22-18/h3,6,11-13H,2,4-5,7-10H2,1H3,(H2,20,21,22). The van der Waals surface area contributed by atoms with E-state index in [0.717, 1.165) is 34.2 Å². The summed E-state index contributed by atoms with van der Waals surface area (Å²) in [6.07, 6.45) is 9.89. The van der Waals surface area contributed by atoms with Crippen LogP contribution in [-0.4, -0.2) is 68.2 Å². The Kier molecular flexibility index (Phi) is 5.31. The highest BCUT2D eigenvalue weighted by atomic mass is 127. The fourth-order valence-corrected chi connectivity index (χ4v) is 4.50. The maximum Gasteiger partial charge on any atom is 0.246 e. The lowest BCUT2D eigenvalue weighted by molar-refractivity contribution is -0.125. The van der Waals surface area contributed by atoms with Gasteiger partial charge in [0.25, 0.3) is 0 Å². The zero-order valence-electron chi connectivity index (χ0n) is 15.4. The Bertz CT molecular complexity index is 876. The number of halogens is 1. The number of amides is 1. The number of nitrogens with two attached hydrogens (primary N) is 1.